The molecule has 0 unspecified atom stereocenters. The summed E-state index contributed by atoms with van der Waals surface area (Å²) in [4.78, 5) is 7.75. The van der Waals surface area contributed by atoms with Crippen LogP contribution < -0.4 is 0 Å². The Kier molecular flexibility index (Phi) is 101. The van der Waals surface area contributed by atoms with Gasteiger partial charge in [-0.15, -0.1) is 0 Å². The molecule has 0 bridgehead atoms. The van der Waals surface area contributed by atoms with E-state index in [0.29, 0.717) is 0 Å². The number of hydrogen-bond acceptors (Lipinski definition) is 1. The SMILES string of the molecule is [Ar].[CH-]=O.[W]. The molecular formula is CHArOW-. The van der Waals surface area contributed by atoms with Crippen molar-refractivity contribution in [2.45, 2.75) is 0 Å². The maximum atomic E-state index is 7.75. The zero-order chi connectivity index (χ0) is 2.00. The van der Waals surface area contributed by atoms with E-state index in [2.05, 4.69) is 6.79 Å². The minimum absolute atomic E-state index is 0. The van der Waals surface area contributed by atoms with Gasteiger partial charge in [-0.05, 0) is 0 Å². The fourth-order valence-electron chi connectivity index (χ4n) is 0. The van der Waals surface area contributed by atoms with E-state index >= 15 is 0 Å². The summed E-state index contributed by atoms with van der Waals surface area (Å²) in [6, 6.07) is 0. The Balaban J connectivity index is -0.00000000500. The van der Waals surface area contributed by atoms with E-state index in [1.165, 1.54) is 0 Å². The third kappa shape index (κ3) is 9.47. The van der Waals surface area contributed by atoms with Crippen molar-refractivity contribution in [3.63, 3.8) is 0 Å². The van der Waals surface area contributed by atoms with Crippen molar-refractivity contribution in [1.29, 1.82) is 0 Å². The summed E-state index contributed by atoms with van der Waals surface area (Å²) >= 11 is 0. The van der Waals surface area contributed by atoms with Crippen LogP contribution in [0.25, 0.3) is 0 Å². The Morgan fingerprint density at radius 3 is 1.25 bits per heavy atom. The van der Waals surface area contributed by atoms with Gasteiger partial charge >= 0.3 is 0 Å². The van der Waals surface area contributed by atoms with Crippen LogP contribution in [-0.2, 0) is 25.9 Å². The van der Waals surface area contributed by atoms with Crippen LogP contribution in [0, 0.1) is 37.7 Å². The first-order chi connectivity index (χ1) is 1.00. The molecule has 0 fully saturated rings. The first-order valence-corrected chi connectivity index (χ1v) is 0.236. The Bertz CT molecular complexity index is 8.00. The normalized spacial score (nSPS) is 1.00. The van der Waals surface area contributed by atoms with E-state index < -0.39 is 0 Å². The summed E-state index contributed by atoms with van der Waals surface area (Å²) in [5, 5.41) is 0. The zero-order valence-electron chi connectivity index (χ0n) is 1.75. The van der Waals surface area contributed by atoms with Crippen molar-refractivity contribution in [2.24, 2.45) is 0 Å². The monoisotopic (exact) mass is 253 g/mol. The fourth-order valence-corrected chi connectivity index (χ4v) is 0. The van der Waals surface area contributed by atoms with E-state index in [9.17, 15) is 0 Å². The van der Waals surface area contributed by atoms with E-state index in [-0.39, 0.29) is 58.8 Å². The van der Waals surface area contributed by atoms with Crippen LogP contribution in [0.4, 0.5) is 0 Å². The molecule has 0 aliphatic rings. The minimum Gasteiger partial charge on any atom is -0.545 e. The number of hydrogen-bond donors (Lipinski definition) is 0. The molecule has 0 aromatic carbocycles. The summed E-state index contributed by atoms with van der Waals surface area (Å²) in [6.07, 6.45) is 0. The predicted octanol–water partition coefficient (Wildman–Crippen LogP) is -0.277. The Labute approximate surface area is 69.4 Å². The molecule has 0 rings (SSSR count). The van der Waals surface area contributed by atoms with Crippen LogP contribution in [0.3, 0.4) is 0 Å². The molecule has 0 saturated heterocycles. The molecule has 0 aromatic rings. The van der Waals surface area contributed by atoms with Crippen molar-refractivity contribution in [3.05, 3.63) is 0 Å². The first kappa shape index (κ1) is 17.5. The molecule has 4 heavy (non-hydrogen) atoms. The van der Waals surface area contributed by atoms with Gasteiger partial charge in [0.25, 0.3) is 0 Å². The smallest absolute Gasteiger partial charge is 0 e. The van der Waals surface area contributed by atoms with E-state index in [4.69, 9.17) is 4.79 Å². The van der Waals surface area contributed by atoms with Gasteiger partial charge in [0.15, 0.2) is 0 Å². The van der Waals surface area contributed by atoms with Crippen molar-refractivity contribution in [3.8, 4) is 0 Å². The van der Waals surface area contributed by atoms with Gasteiger partial charge in [0.1, 0.15) is 0 Å². The van der Waals surface area contributed by atoms with Crippen LogP contribution in [0.15, 0.2) is 0 Å². The van der Waals surface area contributed by atoms with Gasteiger partial charge in [0, 0.05) is 58.8 Å². The molecule has 0 saturated carbocycles. The molecule has 0 amide bonds. The van der Waals surface area contributed by atoms with Gasteiger partial charge < -0.3 is 4.79 Å². The summed E-state index contributed by atoms with van der Waals surface area (Å²) in [6.45, 7) is 3.25. The van der Waals surface area contributed by atoms with E-state index in [1.54, 1.807) is 0 Å². The average molecular weight is 253 g/mol. The second-order valence-electron chi connectivity index (χ2n) is 0. The van der Waals surface area contributed by atoms with Crippen LogP contribution >= 0.6 is 0 Å². The zero-order valence-corrected chi connectivity index (χ0v) is 5.39. The van der Waals surface area contributed by atoms with E-state index in [1.807, 2.05) is 0 Å². The predicted molar refractivity (Wildman–Crippen MR) is 6.75 cm³/mol. The molecule has 26 valence electrons. The van der Waals surface area contributed by atoms with Crippen molar-refractivity contribution < 1.29 is 63.6 Å². The molecule has 0 N–H and O–H groups in total. The summed E-state index contributed by atoms with van der Waals surface area (Å²) in [5.74, 6) is 0. The third-order valence-electron chi connectivity index (χ3n) is 0. The Hall–Kier alpha value is 1.62. The van der Waals surface area contributed by atoms with Gasteiger partial charge in [0.05, 0.1) is 0 Å². The molecule has 1 nitrogen and oxygen atoms in total. The number of carbonyl (C=O) groups excluding carboxylic acids is 1. The van der Waals surface area contributed by atoms with Crippen molar-refractivity contribution in [2.75, 3.05) is 0 Å². The van der Waals surface area contributed by atoms with Crippen LogP contribution in [0.1, 0.15) is 0 Å². The second-order valence-corrected chi connectivity index (χ2v) is 0. The molecular weight excluding hydrogens is 252 g/mol. The minimum atomic E-state index is 0. The van der Waals surface area contributed by atoms with Gasteiger partial charge in [-0.2, -0.15) is 0 Å². The largest absolute Gasteiger partial charge is 0.545 e. The maximum absolute atomic E-state index is 7.75. The Morgan fingerprint density at radius 1 is 1.25 bits per heavy atom. The molecule has 0 heterocycles. The third-order valence-corrected chi connectivity index (χ3v) is 0. The molecule has 0 radical (unpaired) electrons. The van der Waals surface area contributed by atoms with Crippen molar-refractivity contribution in [1.82, 2.24) is 0 Å². The van der Waals surface area contributed by atoms with Gasteiger partial charge in [0.2, 0.25) is 0 Å². The first-order valence-electron chi connectivity index (χ1n) is 0.236. The molecule has 0 aliphatic carbocycles. The fraction of sp³-hybridized carbons (Fsp3) is 0. The topological polar surface area (TPSA) is 17.1 Å². The van der Waals surface area contributed by atoms with Gasteiger partial charge in [-0.3, -0.25) is 6.79 Å². The van der Waals surface area contributed by atoms with Crippen LogP contribution in [0.5, 0.6) is 0 Å². The maximum Gasteiger partial charge on any atom is 0 e. The van der Waals surface area contributed by atoms with Gasteiger partial charge in [-0.25, -0.2) is 0 Å². The van der Waals surface area contributed by atoms with Crippen LogP contribution in [0.2, 0.25) is 0 Å². The summed E-state index contributed by atoms with van der Waals surface area (Å²) in [7, 11) is 0. The van der Waals surface area contributed by atoms with Crippen LogP contribution in [-0.4, -0.2) is 6.79 Å². The molecule has 0 aliphatic heterocycles. The second kappa shape index (κ2) is 23.1. The quantitative estimate of drug-likeness (QED) is 0.428. The standard InChI is InChI=1S/CHO.Ar.W/c1-2;;/h1H;;/q-1;;. The summed E-state index contributed by atoms with van der Waals surface area (Å²) < 4.78 is 0. The molecule has 0 atom stereocenters. The summed E-state index contributed by atoms with van der Waals surface area (Å²) in [5.41, 5.74) is 0. The van der Waals surface area contributed by atoms with E-state index in [0.717, 1.165) is 0 Å². The number of rotatable bonds is 0. The molecule has 0 aromatic heterocycles. The molecule has 0 spiro atoms. The Morgan fingerprint density at radius 2 is 1.25 bits per heavy atom. The van der Waals surface area contributed by atoms with Crippen molar-refractivity contribution >= 4 is 6.79 Å². The molecule has 3 heteroatoms. The van der Waals surface area contributed by atoms with Gasteiger partial charge in [-0.1, -0.05) is 0 Å². The average Bonchev–Trinajstić information content (AvgIpc) is 1.00.